The average molecular weight is 705 g/mol. The van der Waals surface area contributed by atoms with Crippen molar-refractivity contribution in [1.29, 1.82) is 0 Å². The Morgan fingerprint density at radius 1 is 0.898 bits per heavy atom. The van der Waals surface area contributed by atoms with Crippen LogP contribution in [0, 0.1) is 0 Å². The Bertz CT molecular complexity index is 1750. The predicted molar refractivity (Wildman–Crippen MR) is 194 cm³/mol. The van der Waals surface area contributed by atoms with Crippen molar-refractivity contribution < 1.29 is 14.4 Å². The van der Waals surface area contributed by atoms with Crippen LogP contribution in [0.5, 0.6) is 0 Å². The van der Waals surface area contributed by atoms with Gasteiger partial charge in [-0.1, -0.05) is 59.8 Å². The summed E-state index contributed by atoms with van der Waals surface area (Å²) < 4.78 is 0. The van der Waals surface area contributed by atoms with Crippen molar-refractivity contribution >= 4 is 52.0 Å². The molecular formula is C36H45ClN8O3S. The lowest BCUT2D eigenvalue weighted by molar-refractivity contribution is -0.142. The molecule has 0 saturated carbocycles. The molecule has 8 N–H and O–H groups in total. The number of nitrogens with zero attached hydrogens (tertiary/aromatic N) is 2. The lowest BCUT2D eigenvalue weighted by Gasteiger charge is -2.32. The number of rotatable bonds is 9. The number of amides is 3. The number of aromatic nitrogens is 2. The third kappa shape index (κ3) is 9.20. The van der Waals surface area contributed by atoms with Crippen molar-refractivity contribution in [2.24, 2.45) is 11.5 Å². The third-order valence-electron chi connectivity index (χ3n) is 8.87. The van der Waals surface area contributed by atoms with Gasteiger partial charge in [-0.3, -0.25) is 14.4 Å². The minimum absolute atomic E-state index is 0.187. The number of nitrogens with one attached hydrogen (secondary N) is 4. The molecule has 3 amide bonds. The molecule has 49 heavy (non-hydrogen) atoms. The Labute approximate surface area is 296 Å². The molecule has 11 nitrogen and oxygen atoms in total. The Kier molecular flexibility index (Phi) is 13.1. The van der Waals surface area contributed by atoms with E-state index in [2.05, 4.69) is 25.9 Å². The van der Waals surface area contributed by atoms with E-state index in [1.165, 1.54) is 16.7 Å². The van der Waals surface area contributed by atoms with E-state index < -0.39 is 18.1 Å². The standard InChI is InChI=1S/C36H45ClN8O3S/c1-45-31(19-25-22-41-28-13-3-2-11-26(25)28)34(47)43-20-23-9-6-12-27(37)32(23)49-35-24(10-8-18-40-35)21-42-29(15-7-17-39)33(46)44-30(36(45)48)14-4-5-16-38/h2-3,6,8-13,18,22,29-31,41-42H,4-5,7,14-17,19-21,38-39H2,1H3,(H,43,47)(H,44,46). The van der Waals surface area contributed by atoms with Gasteiger partial charge in [-0.25, -0.2) is 4.98 Å². The van der Waals surface area contributed by atoms with Crippen LogP contribution in [-0.2, 0) is 33.9 Å². The monoisotopic (exact) mass is 704 g/mol. The first-order chi connectivity index (χ1) is 23.8. The zero-order chi connectivity index (χ0) is 34.8. The number of carbonyl (C=O) groups excluding carboxylic acids is 3. The number of hydrogen-bond donors (Lipinski definition) is 6. The molecule has 0 spiro atoms. The maximum atomic E-state index is 14.3. The number of nitrogens with two attached hydrogens (primary N) is 2. The molecule has 0 bridgehead atoms. The summed E-state index contributed by atoms with van der Waals surface area (Å²) in [5, 5.41) is 11.7. The highest BCUT2D eigenvalue weighted by molar-refractivity contribution is 7.99. The highest BCUT2D eigenvalue weighted by Crippen LogP contribution is 2.37. The molecule has 3 atom stereocenters. The van der Waals surface area contributed by atoms with Gasteiger partial charge in [0.15, 0.2) is 0 Å². The van der Waals surface area contributed by atoms with Crippen molar-refractivity contribution in [2.75, 3.05) is 20.1 Å². The van der Waals surface area contributed by atoms with Crippen molar-refractivity contribution in [1.82, 2.24) is 30.8 Å². The van der Waals surface area contributed by atoms with Crippen molar-refractivity contribution in [3.63, 3.8) is 0 Å². The maximum Gasteiger partial charge on any atom is 0.245 e. The number of H-pyrrole nitrogens is 1. The van der Waals surface area contributed by atoms with Gasteiger partial charge in [-0.2, -0.15) is 0 Å². The Morgan fingerprint density at radius 3 is 2.49 bits per heavy atom. The van der Waals surface area contributed by atoms with Crippen molar-refractivity contribution in [3.8, 4) is 0 Å². The first-order valence-electron chi connectivity index (χ1n) is 16.7. The van der Waals surface area contributed by atoms with Gasteiger partial charge in [0.1, 0.15) is 17.1 Å². The topological polar surface area (TPSA) is 171 Å². The second kappa shape index (κ2) is 17.6. The highest BCUT2D eigenvalue weighted by atomic mass is 35.5. The van der Waals surface area contributed by atoms with Crippen LogP contribution >= 0.6 is 23.4 Å². The number of fused-ring (bicyclic) bond motifs is 3. The number of hydrogen-bond acceptors (Lipinski definition) is 8. The summed E-state index contributed by atoms with van der Waals surface area (Å²) in [6.45, 7) is 1.43. The fourth-order valence-corrected chi connectivity index (χ4v) is 7.40. The molecule has 3 unspecified atom stereocenters. The van der Waals surface area contributed by atoms with Crippen LogP contribution in [0.2, 0.25) is 5.02 Å². The van der Waals surface area contributed by atoms with Crippen LogP contribution < -0.4 is 27.4 Å². The first kappa shape index (κ1) is 36.3. The molecule has 4 aromatic rings. The Hall–Kier alpha value is -3.94. The molecule has 260 valence electrons. The first-order valence-corrected chi connectivity index (χ1v) is 17.9. The van der Waals surface area contributed by atoms with Gasteiger partial charge >= 0.3 is 0 Å². The summed E-state index contributed by atoms with van der Waals surface area (Å²) in [5.41, 5.74) is 15.2. The summed E-state index contributed by atoms with van der Waals surface area (Å²) in [6.07, 6.45) is 6.66. The van der Waals surface area contributed by atoms with E-state index in [4.69, 9.17) is 23.1 Å². The second-order valence-electron chi connectivity index (χ2n) is 12.3. The molecule has 2 aromatic carbocycles. The largest absolute Gasteiger partial charge is 0.361 e. The van der Waals surface area contributed by atoms with Crippen LogP contribution in [0.15, 0.2) is 76.9 Å². The zero-order valence-corrected chi connectivity index (χ0v) is 29.3. The summed E-state index contributed by atoms with van der Waals surface area (Å²) in [4.78, 5) is 52.6. The molecule has 3 heterocycles. The molecule has 13 heteroatoms. The smallest absolute Gasteiger partial charge is 0.245 e. The number of para-hydroxylation sites is 1. The van der Waals surface area contributed by atoms with E-state index in [0.29, 0.717) is 56.8 Å². The Morgan fingerprint density at radius 2 is 1.67 bits per heavy atom. The van der Waals surface area contributed by atoms with Gasteiger partial charge < -0.3 is 37.3 Å². The van der Waals surface area contributed by atoms with E-state index in [0.717, 1.165) is 37.5 Å². The summed E-state index contributed by atoms with van der Waals surface area (Å²) in [5.74, 6) is -0.975. The summed E-state index contributed by atoms with van der Waals surface area (Å²) in [7, 11) is 1.63. The number of likely N-dealkylation sites (N-methyl/N-ethyl adjacent to an activating group) is 1. The van der Waals surface area contributed by atoms with Gasteiger partial charge in [0.2, 0.25) is 17.7 Å². The third-order valence-corrected chi connectivity index (χ3v) is 10.5. The number of halogens is 1. The van der Waals surface area contributed by atoms with Gasteiger partial charge in [-0.15, -0.1) is 0 Å². The maximum absolute atomic E-state index is 14.3. The van der Waals surface area contributed by atoms with Crippen LogP contribution in [0.4, 0.5) is 0 Å². The molecule has 5 rings (SSSR count). The van der Waals surface area contributed by atoms with Crippen LogP contribution in [0.3, 0.4) is 0 Å². The normalized spacial score (nSPS) is 19.6. The van der Waals surface area contributed by atoms with Gasteiger partial charge in [-0.05, 0) is 80.1 Å². The fraction of sp³-hybridized carbons (Fsp3) is 0.389. The van der Waals surface area contributed by atoms with Crippen molar-refractivity contribution in [2.45, 2.75) is 79.7 Å². The number of carbonyl (C=O) groups is 3. The van der Waals surface area contributed by atoms with E-state index in [1.807, 2.05) is 60.8 Å². The Balaban J connectivity index is 1.55. The molecular weight excluding hydrogens is 660 g/mol. The van der Waals surface area contributed by atoms with Gasteiger partial charge in [0, 0.05) is 54.8 Å². The molecule has 1 aliphatic heterocycles. The van der Waals surface area contributed by atoms with Crippen LogP contribution in [0.25, 0.3) is 10.9 Å². The van der Waals surface area contributed by atoms with E-state index >= 15 is 0 Å². The molecule has 0 aliphatic carbocycles. The van der Waals surface area contributed by atoms with Crippen molar-refractivity contribution in [3.05, 3.63) is 88.7 Å². The minimum Gasteiger partial charge on any atom is -0.361 e. The molecule has 0 saturated heterocycles. The second-order valence-corrected chi connectivity index (χ2v) is 13.7. The van der Waals surface area contributed by atoms with Crippen LogP contribution in [0.1, 0.15) is 48.8 Å². The lowest BCUT2D eigenvalue weighted by Crippen LogP contribution is -2.57. The van der Waals surface area contributed by atoms with E-state index in [9.17, 15) is 14.4 Å². The summed E-state index contributed by atoms with van der Waals surface area (Å²) >= 11 is 8.16. The molecule has 1 aliphatic rings. The SMILES string of the molecule is CN1C(=O)C(CCCCN)NC(=O)C(CCCN)NCc2cccnc2Sc2c(Cl)cccc2CNC(=O)C1Cc1c[nH]c2ccccc12. The number of pyridine rings is 1. The summed E-state index contributed by atoms with van der Waals surface area (Å²) in [6, 6.07) is 14.9. The zero-order valence-electron chi connectivity index (χ0n) is 27.7. The number of unbranched alkanes of at least 4 members (excludes halogenated alkanes) is 1. The van der Waals surface area contributed by atoms with E-state index in [-0.39, 0.29) is 30.7 Å². The highest BCUT2D eigenvalue weighted by Gasteiger charge is 2.34. The lowest BCUT2D eigenvalue weighted by atomic mass is 10.0. The molecule has 0 fully saturated rings. The minimum atomic E-state index is -0.875. The fourth-order valence-electron chi connectivity index (χ4n) is 6.07. The molecule has 0 radical (unpaired) electrons. The predicted octanol–water partition coefficient (Wildman–Crippen LogP) is 3.88. The van der Waals surface area contributed by atoms with Crippen LogP contribution in [-0.4, -0.2) is 70.9 Å². The number of benzene rings is 2. The number of aromatic amines is 1. The quantitative estimate of drug-likeness (QED) is 0.143. The van der Waals surface area contributed by atoms with E-state index in [1.54, 1.807) is 13.2 Å². The van der Waals surface area contributed by atoms with Gasteiger partial charge in [0.25, 0.3) is 0 Å². The average Bonchev–Trinajstić information content (AvgIpc) is 3.52. The molecule has 2 aromatic heterocycles. The van der Waals surface area contributed by atoms with Gasteiger partial charge in [0.05, 0.1) is 11.1 Å².